The fraction of sp³-hybridized carbons (Fsp3) is 0.600. The molecule has 1 rings (SSSR count). The van der Waals surface area contributed by atoms with Gasteiger partial charge in [0, 0.05) is 23.9 Å². The van der Waals surface area contributed by atoms with Crippen LogP contribution in [-0.4, -0.2) is 23.0 Å². The summed E-state index contributed by atoms with van der Waals surface area (Å²) in [5.74, 6) is 0.0302. The van der Waals surface area contributed by atoms with Crippen molar-refractivity contribution in [3.63, 3.8) is 0 Å². The van der Waals surface area contributed by atoms with Crippen molar-refractivity contribution in [3.8, 4) is 0 Å². The number of hydrogen-bond donors (Lipinski definition) is 2. The zero-order valence-corrected chi connectivity index (χ0v) is 11.2. The highest BCUT2D eigenvalue weighted by Gasteiger charge is 2.13. The number of nitrogens with zero attached hydrogens (tertiary/aromatic N) is 1. The third kappa shape index (κ3) is 5.32. The van der Waals surface area contributed by atoms with E-state index < -0.39 is 0 Å². The largest absolute Gasteiger partial charge is 0.361 e. The van der Waals surface area contributed by atoms with E-state index in [1.807, 2.05) is 20.8 Å². The van der Waals surface area contributed by atoms with E-state index in [1.165, 1.54) is 11.3 Å². The molecule has 0 spiro atoms. The molecule has 16 heavy (non-hydrogen) atoms. The lowest BCUT2D eigenvalue weighted by atomic mass is 10.1. The van der Waals surface area contributed by atoms with Crippen molar-refractivity contribution >= 4 is 34.0 Å². The fourth-order valence-corrected chi connectivity index (χ4v) is 1.97. The van der Waals surface area contributed by atoms with Crippen LogP contribution >= 0.6 is 22.9 Å². The Labute approximate surface area is 104 Å². The van der Waals surface area contributed by atoms with Gasteiger partial charge in [0.2, 0.25) is 5.91 Å². The molecule has 4 nitrogen and oxygen atoms in total. The predicted molar refractivity (Wildman–Crippen MR) is 68.1 cm³/mol. The lowest BCUT2D eigenvalue weighted by Crippen LogP contribution is -2.41. The Hall–Kier alpha value is -0.810. The van der Waals surface area contributed by atoms with E-state index in [-0.39, 0.29) is 11.4 Å². The van der Waals surface area contributed by atoms with Gasteiger partial charge in [0.25, 0.3) is 0 Å². The summed E-state index contributed by atoms with van der Waals surface area (Å²) in [4.78, 5) is 15.5. The highest BCUT2D eigenvalue weighted by molar-refractivity contribution is 7.14. The summed E-state index contributed by atoms with van der Waals surface area (Å²) in [7, 11) is 0. The van der Waals surface area contributed by atoms with Crippen LogP contribution in [-0.2, 0) is 4.79 Å². The number of carbonyl (C=O) groups excluding carboxylic acids is 1. The van der Waals surface area contributed by atoms with E-state index in [9.17, 15) is 4.79 Å². The van der Waals surface area contributed by atoms with E-state index in [4.69, 9.17) is 11.6 Å². The van der Waals surface area contributed by atoms with Crippen LogP contribution in [0.15, 0.2) is 5.38 Å². The smallest absolute Gasteiger partial charge is 0.222 e. The average molecular weight is 262 g/mol. The van der Waals surface area contributed by atoms with Crippen molar-refractivity contribution in [1.82, 2.24) is 10.3 Å². The molecule has 1 amide bonds. The Kier molecular flexibility index (Phi) is 4.56. The van der Waals surface area contributed by atoms with Gasteiger partial charge in [-0.25, -0.2) is 4.98 Å². The molecule has 6 heteroatoms. The highest BCUT2D eigenvalue weighted by Crippen LogP contribution is 2.18. The Morgan fingerprint density at radius 3 is 2.75 bits per heavy atom. The van der Waals surface area contributed by atoms with E-state index in [1.54, 1.807) is 5.38 Å². The molecule has 0 fully saturated rings. The minimum Gasteiger partial charge on any atom is -0.361 e. The number of nitrogens with one attached hydrogen (secondary N) is 2. The molecule has 0 bridgehead atoms. The maximum atomic E-state index is 11.5. The molecule has 0 atom stereocenters. The van der Waals surface area contributed by atoms with Crippen molar-refractivity contribution in [2.24, 2.45) is 0 Å². The summed E-state index contributed by atoms with van der Waals surface area (Å²) in [6.07, 6.45) is 0.425. The number of carbonyl (C=O) groups is 1. The molecule has 1 aromatic rings. The summed E-state index contributed by atoms with van der Waals surface area (Å²) >= 11 is 7.10. The molecule has 2 N–H and O–H groups in total. The zero-order valence-electron chi connectivity index (χ0n) is 9.63. The number of halogens is 1. The summed E-state index contributed by atoms with van der Waals surface area (Å²) in [5, 5.41) is 8.90. The molecule has 0 saturated carbocycles. The van der Waals surface area contributed by atoms with E-state index in [0.717, 1.165) is 5.13 Å². The van der Waals surface area contributed by atoms with Crippen molar-refractivity contribution in [2.45, 2.75) is 32.7 Å². The van der Waals surface area contributed by atoms with E-state index in [0.29, 0.717) is 18.1 Å². The Bertz CT molecular complexity index is 359. The first kappa shape index (κ1) is 13.3. The van der Waals surface area contributed by atoms with Gasteiger partial charge < -0.3 is 10.6 Å². The van der Waals surface area contributed by atoms with Gasteiger partial charge in [-0.2, -0.15) is 0 Å². The minimum absolute atomic E-state index is 0.0302. The van der Waals surface area contributed by atoms with Gasteiger partial charge in [-0.1, -0.05) is 11.6 Å². The zero-order chi connectivity index (χ0) is 12.2. The third-order valence-corrected chi connectivity index (χ3v) is 2.74. The Morgan fingerprint density at radius 1 is 1.56 bits per heavy atom. The van der Waals surface area contributed by atoms with Gasteiger partial charge in [0.05, 0.1) is 0 Å². The number of rotatable bonds is 4. The van der Waals surface area contributed by atoms with Crippen LogP contribution in [0, 0.1) is 0 Å². The first-order valence-corrected chi connectivity index (χ1v) is 6.28. The summed E-state index contributed by atoms with van der Waals surface area (Å²) in [6.45, 7) is 6.43. The molecular formula is C10H16ClN3OS. The van der Waals surface area contributed by atoms with Gasteiger partial charge in [-0.3, -0.25) is 4.79 Å². The van der Waals surface area contributed by atoms with Crippen molar-refractivity contribution < 1.29 is 4.79 Å². The van der Waals surface area contributed by atoms with Crippen LogP contribution in [0.5, 0.6) is 0 Å². The monoisotopic (exact) mass is 261 g/mol. The van der Waals surface area contributed by atoms with Gasteiger partial charge in [-0.15, -0.1) is 11.3 Å². The van der Waals surface area contributed by atoms with Crippen LogP contribution in [0.2, 0.25) is 5.15 Å². The number of amides is 1. The number of aromatic nitrogens is 1. The van der Waals surface area contributed by atoms with E-state index in [2.05, 4.69) is 15.6 Å². The van der Waals surface area contributed by atoms with Crippen molar-refractivity contribution in [2.75, 3.05) is 11.9 Å². The van der Waals surface area contributed by atoms with Crippen LogP contribution < -0.4 is 10.6 Å². The lowest BCUT2D eigenvalue weighted by molar-refractivity contribution is -0.122. The number of thiazole rings is 1. The maximum absolute atomic E-state index is 11.5. The molecule has 1 aromatic heterocycles. The second-order valence-electron chi connectivity index (χ2n) is 4.45. The van der Waals surface area contributed by atoms with Gasteiger partial charge in [-0.05, 0) is 20.8 Å². The first-order chi connectivity index (χ1) is 7.37. The highest BCUT2D eigenvalue weighted by atomic mass is 35.5. The topological polar surface area (TPSA) is 54.0 Å². The van der Waals surface area contributed by atoms with Crippen LogP contribution in [0.4, 0.5) is 5.13 Å². The lowest BCUT2D eigenvalue weighted by Gasteiger charge is -2.20. The molecular weight excluding hydrogens is 246 g/mol. The van der Waals surface area contributed by atoms with Crippen LogP contribution in [0.25, 0.3) is 0 Å². The first-order valence-electron chi connectivity index (χ1n) is 5.03. The Morgan fingerprint density at radius 2 is 2.25 bits per heavy atom. The molecule has 0 aliphatic rings. The van der Waals surface area contributed by atoms with Crippen LogP contribution in [0.3, 0.4) is 0 Å². The molecule has 90 valence electrons. The predicted octanol–water partition coefficient (Wildman–Crippen LogP) is 2.51. The SMILES string of the molecule is CC(C)(C)NC(=O)CCNc1nc(Cl)cs1. The van der Waals surface area contributed by atoms with Crippen molar-refractivity contribution in [1.29, 1.82) is 0 Å². The molecule has 0 aromatic carbocycles. The molecule has 0 saturated heterocycles. The summed E-state index contributed by atoms with van der Waals surface area (Å²) < 4.78 is 0. The summed E-state index contributed by atoms with van der Waals surface area (Å²) in [5.41, 5.74) is -0.179. The van der Waals surface area contributed by atoms with Gasteiger partial charge in [0.1, 0.15) is 5.15 Å². The van der Waals surface area contributed by atoms with Gasteiger partial charge >= 0.3 is 0 Å². The summed E-state index contributed by atoms with van der Waals surface area (Å²) in [6, 6.07) is 0. The van der Waals surface area contributed by atoms with E-state index >= 15 is 0 Å². The molecule has 0 radical (unpaired) electrons. The maximum Gasteiger partial charge on any atom is 0.222 e. The average Bonchev–Trinajstić information content (AvgIpc) is 2.48. The molecule has 1 heterocycles. The molecule has 0 unspecified atom stereocenters. The minimum atomic E-state index is -0.179. The quantitative estimate of drug-likeness (QED) is 0.876. The second-order valence-corrected chi connectivity index (χ2v) is 5.70. The standard InChI is InChI=1S/C10H16ClN3OS/c1-10(2,3)14-8(15)4-5-12-9-13-7(11)6-16-9/h6H,4-5H2,1-3H3,(H,12,13)(H,14,15). The molecule has 0 aliphatic carbocycles. The second kappa shape index (κ2) is 5.50. The number of hydrogen-bond acceptors (Lipinski definition) is 4. The normalized spacial score (nSPS) is 11.2. The molecule has 0 aliphatic heterocycles. The van der Waals surface area contributed by atoms with Crippen molar-refractivity contribution in [3.05, 3.63) is 10.5 Å². The Balaban J connectivity index is 2.23. The third-order valence-electron chi connectivity index (χ3n) is 1.62. The van der Waals surface area contributed by atoms with Crippen LogP contribution in [0.1, 0.15) is 27.2 Å². The van der Waals surface area contributed by atoms with Gasteiger partial charge in [0.15, 0.2) is 5.13 Å². The fourth-order valence-electron chi connectivity index (χ4n) is 1.10. The number of anilines is 1.